The minimum atomic E-state index is -3.53. The lowest BCUT2D eigenvalue weighted by Gasteiger charge is -2.10. The maximum absolute atomic E-state index is 12.1. The number of carbonyl (C=O) groups is 1. The van der Waals surface area contributed by atoms with Gasteiger partial charge in [0, 0.05) is 10.0 Å². The van der Waals surface area contributed by atoms with E-state index in [1.54, 1.807) is 12.1 Å². The first-order chi connectivity index (χ1) is 11.4. The molecule has 0 spiro atoms. The number of rotatable bonds is 6. The number of halogens is 1. The number of hydrogen-bond donors (Lipinski definition) is 1. The Labute approximate surface area is 149 Å². The molecule has 0 radical (unpaired) electrons. The van der Waals surface area contributed by atoms with E-state index in [0.717, 1.165) is 10.0 Å². The monoisotopic (exact) mass is 413 g/mol. The Morgan fingerprint density at radius 1 is 1.17 bits per heavy atom. The van der Waals surface area contributed by atoms with Gasteiger partial charge in [-0.15, -0.1) is 0 Å². The maximum atomic E-state index is 12.1. The molecule has 0 saturated heterocycles. The third-order valence-electron chi connectivity index (χ3n) is 3.27. The first-order valence-corrected chi connectivity index (χ1v) is 9.18. The number of methoxy groups -OCH3 is 1. The summed E-state index contributed by atoms with van der Waals surface area (Å²) in [4.78, 5) is 12.2. The number of benzene rings is 2. The fourth-order valence-corrected chi connectivity index (χ4v) is 3.11. The van der Waals surface area contributed by atoms with Gasteiger partial charge >= 0.3 is 5.97 Å². The summed E-state index contributed by atoms with van der Waals surface area (Å²) in [7, 11) is -0.674. The molecule has 0 saturated carbocycles. The minimum Gasteiger partial charge on any atom is -0.496 e. The molecule has 0 amide bonds. The number of esters is 1. The number of carbonyl (C=O) groups excluding carboxylic acids is 1. The molecule has 0 aliphatic rings. The summed E-state index contributed by atoms with van der Waals surface area (Å²) in [6, 6.07) is 10.9. The van der Waals surface area contributed by atoms with Crippen LogP contribution in [0.5, 0.6) is 5.75 Å². The van der Waals surface area contributed by atoms with Crippen molar-refractivity contribution in [2.75, 3.05) is 14.2 Å². The molecule has 0 aromatic heterocycles. The van der Waals surface area contributed by atoms with Crippen molar-refractivity contribution in [1.29, 1.82) is 0 Å². The van der Waals surface area contributed by atoms with Gasteiger partial charge in [0.15, 0.2) is 0 Å². The van der Waals surface area contributed by atoms with E-state index in [4.69, 9.17) is 9.47 Å². The second-order valence-corrected chi connectivity index (χ2v) is 7.57. The van der Waals surface area contributed by atoms with Gasteiger partial charge in [0.05, 0.1) is 17.6 Å². The third-order valence-corrected chi connectivity index (χ3v) is 5.19. The van der Waals surface area contributed by atoms with E-state index >= 15 is 0 Å². The van der Waals surface area contributed by atoms with E-state index in [-0.39, 0.29) is 17.1 Å². The summed E-state index contributed by atoms with van der Waals surface area (Å²) in [5, 5.41) is 0. The normalized spacial score (nSPS) is 11.1. The lowest BCUT2D eigenvalue weighted by molar-refractivity contribution is 0.0470. The van der Waals surface area contributed by atoms with Gasteiger partial charge in [0.25, 0.3) is 0 Å². The molecule has 24 heavy (non-hydrogen) atoms. The average molecular weight is 414 g/mol. The summed E-state index contributed by atoms with van der Waals surface area (Å²) >= 11 is 3.35. The van der Waals surface area contributed by atoms with Crippen LogP contribution in [0.3, 0.4) is 0 Å². The average Bonchev–Trinajstić information content (AvgIpc) is 2.60. The SMILES string of the molecule is CNS(=O)(=O)c1ccc(C(=O)OCc2cc(Br)ccc2OC)cc1. The van der Waals surface area contributed by atoms with Crippen LogP contribution in [-0.2, 0) is 21.4 Å². The Morgan fingerprint density at radius 3 is 2.42 bits per heavy atom. The third kappa shape index (κ3) is 4.34. The van der Waals surface area contributed by atoms with Crippen LogP contribution in [0.2, 0.25) is 0 Å². The number of hydrogen-bond acceptors (Lipinski definition) is 5. The van der Waals surface area contributed by atoms with Crippen LogP contribution >= 0.6 is 15.9 Å². The predicted molar refractivity (Wildman–Crippen MR) is 92.5 cm³/mol. The number of nitrogens with one attached hydrogen (secondary N) is 1. The predicted octanol–water partition coefficient (Wildman–Crippen LogP) is 2.72. The largest absolute Gasteiger partial charge is 0.496 e. The van der Waals surface area contributed by atoms with E-state index in [1.807, 2.05) is 6.07 Å². The summed E-state index contributed by atoms with van der Waals surface area (Å²) < 4.78 is 36.8. The number of sulfonamides is 1. The smallest absolute Gasteiger partial charge is 0.338 e. The van der Waals surface area contributed by atoms with Crippen LogP contribution in [-0.4, -0.2) is 28.5 Å². The minimum absolute atomic E-state index is 0.0397. The molecule has 2 aromatic carbocycles. The highest BCUT2D eigenvalue weighted by Crippen LogP contribution is 2.24. The molecule has 6 nitrogen and oxygen atoms in total. The van der Waals surface area contributed by atoms with Gasteiger partial charge in [-0.3, -0.25) is 0 Å². The molecule has 0 aliphatic carbocycles. The lowest BCUT2D eigenvalue weighted by atomic mass is 10.2. The van der Waals surface area contributed by atoms with Crippen molar-refractivity contribution in [3.05, 3.63) is 58.1 Å². The Kier molecular flexibility index (Phi) is 5.98. The van der Waals surface area contributed by atoms with Crippen molar-refractivity contribution in [1.82, 2.24) is 4.72 Å². The molecule has 0 bridgehead atoms. The second kappa shape index (κ2) is 7.78. The van der Waals surface area contributed by atoms with Crippen molar-refractivity contribution >= 4 is 31.9 Å². The zero-order chi connectivity index (χ0) is 17.7. The Bertz CT molecular complexity index is 834. The maximum Gasteiger partial charge on any atom is 0.338 e. The van der Waals surface area contributed by atoms with Crippen LogP contribution in [0.1, 0.15) is 15.9 Å². The molecule has 0 aliphatic heterocycles. The van der Waals surface area contributed by atoms with Crippen molar-refractivity contribution in [3.8, 4) is 5.75 Å². The van der Waals surface area contributed by atoms with Gasteiger partial charge in [-0.25, -0.2) is 17.9 Å². The van der Waals surface area contributed by atoms with Crippen molar-refractivity contribution < 1.29 is 22.7 Å². The standard InChI is InChI=1S/C16H16BrNO5S/c1-18-24(20,21)14-6-3-11(4-7-14)16(19)23-10-12-9-13(17)5-8-15(12)22-2/h3-9,18H,10H2,1-2H3. The van der Waals surface area contributed by atoms with Crippen molar-refractivity contribution in [3.63, 3.8) is 0 Å². The Balaban J connectivity index is 2.09. The molecule has 8 heteroatoms. The van der Waals surface area contributed by atoms with E-state index in [1.165, 1.54) is 38.4 Å². The van der Waals surface area contributed by atoms with Crippen LogP contribution in [0.4, 0.5) is 0 Å². The van der Waals surface area contributed by atoms with E-state index < -0.39 is 16.0 Å². The molecule has 128 valence electrons. The molecule has 2 aromatic rings. The zero-order valence-corrected chi connectivity index (χ0v) is 15.5. The van der Waals surface area contributed by atoms with Gasteiger partial charge < -0.3 is 9.47 Å². The van der Waals surface area contributed by atoms with Gasteiger partial charge in [-0.1, -0.05) is 15.9 Å². The van der Waals surface area contributed by atoms with Crippen LogP contribution in [0, 0.1) is 0 Å². The molecular weight excluding hydrogens is 398 g/mol. The van der Waals surface area contributed by atoms with Crippen molar-refractivity contribution in [2.24, 2.45) is 0 Å². The van der Waals surface area contributed by atoms with Gasteiger partial charge in [0.1, 0.15) is 12.4 Å². The lowest BCUT2D eigenvalue weighted by Crippen LogP contribution is -2.18. The molecule has 0 unspecified atom stereocenters. The van der Waals surface area contributed by atoms with Crippen molar-refractivity contribution in [2.45, 2.75) is 11.5 Å². The van der Waals surface area contributed by atoms with Crippen LogP contribution in [0.25, 0.3) is 0 Å². The Morgan fingerprint density at radius 2 is 1.83 bits per heavy atom. The second-order valence-electron chi connectivity index (χ2n) is 4.76. The summed E-state index contributed by atoms with van der Waals surface area (Å²) in [5.74, 6) is 0.0619. The first-order valence-electron chi connectivity index (χ1n) is 6.90. The fourth-order valence-electron chi connectivity index (χ4n) is 1.97. The van der Waals surface area contributed by atoms with Gasteiger partial charge in [-0.2, -0.15) is 0 Å². The van der Waals surface area contributed by atoms with E-state index in [0.29, 0.717) is 5.75 Å². The molecule has 0 heterocycles. The first kappa shape index (κ1) is 18.4. The fraction of sp³-hybridized carbons (Fsp3) is 0.188. The topological polar surface area (TPSA) is 81.7 Å². The van der Waals surface area contributed by atoms with E-state index in [2.05, 4.69) is 20.7 Å². The summed E-state index contributed by atoms with van der Waals surface area (Å²) in [6.07, 6.45) is 0. The number of ether oxygens (including phenoxy) is 2. The highest BCUT2D eigenvalue weighted by Gasteiger charge is 2.14. The molecular formula is C16H16BrNO5S. The molecule has 1 N–H and O–H groups in total. The van der Waals surface area contributed by atoms with Crippen LogP contribution in [0.15, 0.2) is 51.8 Å². The molecule has 0 fully saturated rings. The zero-order valence-electron chi connectivity index (χ0n) is 13.1. The molecule has 2 rings (SSSR count). The van der Waals surface area contributed by atoms with Gasteiger partial charge in [-0.05, 0) is 49.5 Å². The Hall–Kier alpha value is -1.90. The van der Waals surface area contributed by atoms with Crippen LogP contribution < -0.4 is 9.46 Å². The summed E-state index contributed by atoms with van der Waals surface area (Å²) in [6.45, 7) is 0.0397. The van der Waals surface area contributed by atoms with Gasteiger partial charge in [0.2, 0.25) is 10.0 Å². The summed E-state index contributed by atoms with van der Waals surface area (Å²) in [5.41, 5.74) is 0.980. The highest BCUT2D eigenvalue weighted by molar-refractivity contribution is 9.10. The quantitative estimate of drug-likeness (QED) is 0.736. The van der Waals surface area contributed by atoms with E-state index in [9.17, 15) is 13.2 Å². The highest BCUT2D eigenvalue weighted by atomic mass is 79.9. The molecule has 0 atom stereocenters.